The molecular formula is C23H19NO4S. The quantitative estimate of drug-likeness (QED) is 0.342. The van der Waals surface area contributed by atoms with Crippen molar-refractivity contribution < 1.29 is 18.7 Å². The van der Waals surface area contributed by atoms with Crippen molar-refractivity contribution in [3.05, 3.63) is 78.6 Å². The van der Waals surface area contributed by atoms with Gasteiger partial charge in [0.15, 0.2) is 0 Å². The predicted octanol–water partition coefficient (Wildman–Crippen LogP) is 5.11. The zero-order valence-corrected chi connectivity index (χ0v) is 16.4. The highest BCUT2D eigenvalue weighted by molar-refractivity contribution is 7.99. The highest BCUT2D eigenvalue weighted by Gasteiger charge is 2.13. The molecule has 4 aromatic rings. The third-order valence-electron chi connectivity index (χ3n) is 4.38. The van der Waals surface area contributed by atoms with E-state index in [1.54, 1.807) is 12.1 Å². The molecule has 4 rings (SSSR count). The number of thioether (sulfide) groups is 1. The van der Waals surface area contributed by atoms with Gasteiger partial charge in [-0.1, -0.05) is 54.6 Å². The Balaban J connectivity index is 1.22. The molecule has 1 amide bonds. The molecule has 29 heavy (non-hydrogen) atoms. The summed E-state index contributed by atoms with van der Waals surface area (Å²) >= 11 is 1.41. The second-order valence-electron chi connectivity index (χ2n) is 6.41. The predicted molar refractivity (Wildman–Crippen MR) is 116 cm³/mol. The van der Waals surface area contributed by atoms with Crippen LogP contribution in [0, 0.1) is 0 Å². The molecule has 0 aliphatic heterocycles. The van der Waals surface area contributed by atoms with Gasteiger partial charge < -0.3 is 14.5 Å². The minimum absolute atomic E-state index is 0.0880. The molecule has 146 valence electrons. The zero-order chi connectivity index (χ0) is 20.1. The highest BCUT2D eigenvalue weighted by Crippen LogP contribution is 2.23. The Morgan fingerprint density at radius 2 is 1.69 bits per heavy atom. The lowest BCUT2D eigenvalue weighted by Gasteiger charge is -2.08. The van der Waals surface area contributed by atoms with Gasteiger partial charge in [0.2, 0.25) is 11.7 Å². The summed E-state index contributed by atoms with van der Waals surface area (Å²) in [5, 5.41) is 5.89. The Kier molecular flexibility index (Phi) is 5.81. The van der Waals surface area contributed by atoms with Crippen molar-refractivity contribution in [2.24, 2.45) is 0 Å². The van der Waals surface area contributed by atoms with Gasteiger partial charge in [-0.3, -0.25) is 4.79 Å². The molecule has 6 heteroatoms. The van der Waals surface area contributed by atoms with E-state index in [4.69, 9.17) is 9.15 Å². The van der Waals surface area contributed by atoms with Gasteiger partial charge in [0.1, 0.15) is 12.2 Å². The van der Waals surface area contributed by atoms with Crippen molar-refractivity contribution in [1.82, 2.24) is 0 Å². The van der Waals surface area contributed by atoms with Crippen LogP contribution in [0.15, 0.2) is 77.2 Å². The molecular weight excluding hydrogens is 386 g/mol. The fourth-order valence-corrected chi connectivity index (χ4v) is 3.64. The third kappa shape index (κ3) is 4.60. The van der Waals surface area contributed by atoms with E-state index in [0.717, 1.165) is 21.8 Å². The van der Waals surface area contributed by atoms with Gasteiger partial charge in [-0.15, -0.1) is 11.8 Å². The highest BCUT2D eigenvalue weighted by atomic mass is 32.2. The first-order valence-electron chi connectivity index (χ1n) is 9.22. The molecule has 0 saturated carbocycles. The Hall–Kier alpha value is -3.25. The fraction of sp³-hybridized carbons (Fsp3) is 0.130. The van der Waals surface area contributed by atoms with Gasteiger partial charge in [-0.25, -0.2) is 4.79 Å². The Bertz CT molecular complexity index is 1130. The molecule has 1 heterocycles. The molecule has 0 unspecified atom stereocenters. The van der Waals surface area contributed by atoms with Crippen molar-refractivity contribution in [3.63, 3.8) is 0 Å². The van der Waals surface area contributed by atoms with Crippen LogP contribution in [0.2, 0.25) is 0 Å². The second kappa shape index (κ2) is 8.84. The number of ether oxygens (including phenoxy) is 1. The molecule has 0 aliphatic carbocycles. The first-order chi connectivity index (χ1) is 14.2. The normalized spacial score (nSPS) is 10.9. The first-order valence-corrected chi connectivity index (χ1v) is 10.4. The Morgan fingerprint density at radius 1 is 0.931 bits per heavy atom. The van der Waals surface area contributed by atoms with Crippen LogP contribution in [0.1, 0.15) is 10.6 Å². The smallest absolute Gasteiger partial charge is 0.374 e. The summed E-state index contributed by atoms with van der Waals surface area (Å²) in [7, 11) is 0. The summed E-state index contributed by atoms with van der Waals surface area (Å²) in [4.78, 5) is 24.3. The van der Waals surface area contributed by atoms with E-state index < -0.39 is 5.97 Å². The summed E-state index contributed by atoms with van der Waals surface area (Å²) in [6.07, 6.45) is 0. The topological polar surface area (TPSA) is 68.5 Å². The van der Waals surface area contributed by atoms with E-state index in [2.05, 4.69) is 5.32 Å². The molecule has 0 atom stereocenters. The monoisotopic (exact) mass is 405 g/mol. The molecule has 0 bridgehead atoms. The average Bonchev–Trinajstić information content (AvgIpc) is 3.18. The van der Waals surface area contributed by atoms with Crippen molar-refractivity contribution in [2.45, 2.75) is 0 Å². The number of rotatable bonds is 7. The van der Waals surface area contributed by atoms with Crippen molar-refractivity contribution in [3.8, 4) is 0 Å². The molecule has 0 spiro atoms. The van der Waals surface area contributed by atoms with Crippen molar-refractivity contribution >= 4 is 51.1 Å². The third-order valence-corrected chi connectivity index (χ3v) is 5.31. The maximum absolute atomic E-state index is 12.2. The van der Waals surface area contributed by atoms with Crippen LogP contribution in [0.3, 0.4) is 0 Å². The van der Waals surface area contributed by atoms with E-state index >= 15 is 0 Å². The summed E-state index contributed by atoms with van der Waals surface area (Å²) in [5.41, 5.74) is 1.45. The van der Waals surface area contributed by atoms with E-state index in [1.165, 1.54) is 11.8 Å². The van der Waals surface area contributed by atoms with Crippen molar-refractivity contribution in [1.29, 1.82) is 0 Å². The molecule has 3 aromatic carbocycles. The van der Waals surface area contributed by atoms with E-state index in [9.17, 15) is 9.59 Å². The van der Waals surface area contributed by atoms with Crippen LogP contribution in [-0.4, -0.2) is 30.0 Å². The summed E-state index contributed by atoms with van der Waals surface area (Å²) < 4.78 is 10.7. The fourth-order valence-electron chi connectivity index (χ4n) is 3.03. The number of amides is 1. The maximum atomic E-state index is 12.2. The van der Waals surface area contributed by atoms with Gasteiger partial charge in [-0.05, 0) is 23.6 Å². The van der Waals surface area contributed by atoms with Crippen LogP contribution in [-0.2, 0) is 9.53 Å². The molecule has 0 radical (unpaired) electrons. The number of nitrogens with one attached hydrogen (secondary N) is 1. The van der Waals surface area contributed by atoms with Gasteiger partial charge in [0.05, 0.1) is 5.75 Å². The molecule has 0 saturated heterocycles. The van der Waals surface area contributed by atoms with Gasteiger partial charge in [0.25, 0.3) is 0 Å². The standard InChI is InChI=1S/C23H19NO4S/c25-22(24-19-10-5-8-16-6-1-3-9-18(16)19)15-29-13-12-27-23(26)21-14-17-7-2-4-11-20(17)28-21/h1-11,14H,12-13,15H2,(H,24,25). The summed E-state index contributed by atoms with van der Waals surface area (Å²) in [5.74, 6) is 0.405. The van der Waals surface area contributed by atoms with Crippen LogP contribution in [0.5, 0.6) is 0 Å². The van der Waals surface area contributed by atoms with E-state index in [0.29, 0.717) is 11.3 Å². The first kappa shape index (κ1) is 19.1. The van der Waals surface area contributed by atoms with E-state index in [1.807, 2.05) is 60.7 Å². The summed E-state index contributed by atoms with van der Waals surface area (Å²) in [6, 6.07) is 22.8. The maximum Gasteiger partial charge on any atom is 0.374 e. The lowest BCUT2D eigenvalue weighted by atomic mass is 10.1. The number of esters is 1. The second-order valence-corrected chi connectivity index (χ2v) is 7.52. The molecule has 5 nitrogen and oxygen atoms in total. The average molecular weight is 405 g/mol. The number of fused-ring (bicyclic) bond motifs is 2. The SMILES string of the molecule is O=C(CSCCOC(=O)c1cc2ccccc2o1)Nc1cccc2ccccc12. The molecule has 1 aromatic heterocycles. The minimum Gasteiger partial charge on any atom is -0.459 e. The van der Waals surface area contributed by atoms with E-state index in [-0.39, 0.29) is 24.0 Å². The number of hydrogen-bond acceptors (Lipinski definition) is 5. The molecule has 1 N–H and O–H groups in total. The van der Waals surface area contributed by atoms with Crippen LogP contribution >= 0.6 is 11.8 Å². The number of carbonyl (C=O) groups excluding carboxylic acids is 2. The minimum atomic E-state index is -0.498. The van der Waals surface area contributed by atoms with Crippen LogP contribution < -0.4 is 5.32 Å². The van der Waals surface area contributed by atoms with Gasteiger partial charge in [-0.2, -0.15) is 0 Å². The number of anilines is 1. The zero-order valence-electron chi connectivity index (χ0n) is 15.6. The largest absolute Gasteiger partial charge is 0.459 e. The lowest BCUT2D eigenvalue weighted by Crippen LogP contribution is -2.15. The Labute approximate surface area is 172 Å². The number of para-hydroxylation sites is 1. The van der Waals surface area contributed by atoms with Crippen LogP contribution in [0.4, 0.5) is 5.69 Å². The molecule has 0 aliphatic rings. The summed E-state index contributed by atoms with van der Waals surface area (Å²) in [6.45, 7) is 0.210. The van der Waals surface area contributed by atoms with Gasteiger partial charge in [0, 0.05) is 22.2 Å². The van der Waals surface area contributed by atoms with Gasteiger partial charge >= 0.3 is 5.97 Å². The number of carbonyl (C=O) groups is 2. The van der Waals surface area contributed by atoms with Crippen LogP contribution in [0.25, 0.3) is 21.7 Å². The molecule has 0 fully saturated rings. The lowest BCUT2D eigenvalue weighted by molar-refractivity contribution is -0.113. The van der Waals surface area contributed by atoms with Crippen molar-refractivity contribution in [2.75, 3.05) is 23.4 Å². The Morgan fingerprint density at radius 3 is 2.55 bits per heavy atom. The number of hydrogen-bond donors (Lipinski definition) is 1. The number of benzene rings is 3. The number of furan rings is 1.